The van der Waals surface area contributed by atoms with Gasteiger partial charge in [-0.15, -0.1) is 0 Å². The first-order valence-electron chi connectivity index (χ1n) is 6.28. The molecule has 2 aromatic rings. The summed E-state index contributed by atoms with van der Waals surface area (Å²) in [7, 11) is 0. The number of rotatable bonds is 4. The van der Waals surface area contributed by atoms with Gasteiger partial charge in [-0.25, -0.2) is 4.79 Å². The van der Waals surface area contributed by atoms with Gasteiger partial charge in [0.15, 0.2) is 0 Å². The summed E-state index contributed by atoms with van der Waals surface area (Å²) in [5, 5.41) is 10.1. The molecule has 5 nitrogen and oxygen atoms in total. The number of hydrogen-bond acceptors (Lipinski definition) is 4. The van der Waals surface area contributed by atoms with Crippen molar-refractivity contribution in [2.45, 2.75) is 13.0 Å². The minimum Gasteiger partial charge on any atom is -0.550 e. The number of aliphatic carboxylic acids is 1. The molecule has 2 aromatic carbocycles. The van der Waals surface area contributed by atoms with E-state index in [0.29, 0.717) is 0 Å². The predicted molar refractivity (Wildman–Crippen MR) is 76.0 cm³/mol. The topological polar surface area (TPSA) is 92.5 Å². The van der Waals surface area contributed by atoms with E-state index in [9.17, 15) is 14.7 Å². The second kappa shape index (κ2) is 12.4. The maximum absolute atomic E-state index is 10.2. The van der Waals surface area contributed by atoms with E-state index in [4.69, 9.17) is 5.73 Å². The molecule has 0 aliphatic carbocycles. The quantitative estimate of drug-likeness (QED) is 0.676. The van der Waals surface area contributed by atoms with Crippen LogP contribution in [-0.2, 0) is 22.6 Å². The molecule has 0 fully saturated rings. The van der Waals surface area contributed by atoms with Crippen LogP contribution in [0.3, 0.4) is 0 Å². The van der Waals surface area contributed by atoms with Gasteiger partial charge in [-0.05, 0) is 11.1 Å². The van der Waals surface area contributed by atoms with Crippen molar-refractivity contribution in [1.82, 2.24) is 0 Å². The second-order valence-electron chi connectivity index (χ2n) is 4.13. The number of carbonyl (C=O) groups excluding carboxylic acids is 2. The zero-order valence-electron chi connectivity index (χ0n) is 12.4. The van der Waals surface area contributed by atoms with Crippen LogP contribution in [0, 0.1) is 0 Å². The molecule has 2 rings (SSSR count). The second-order valence-corrected chi connectivity index (χ2v) is 4.13. The van der Waals surface area contributed by atoms with Gasteiger partial charge in [0.25, 0.3) is 0 Å². The molecule has 110 valence electrons. The Labute approximate surface area is 171 Å². The predicted octanol–water partition coefficient (Wildman–Crippen LogP) is -1.74. The van der Waals surface area contributed by atoms with Crippen molar-refractivity contribution in [1.29, 1.82) is 0 Å². The molecule has 0 atom stereocenters. The maximum Gasteiger partial charge on any atom is 1.00 e. The van der Waals surface area contributed by atoms with E-state index in [1.54, 1.807) is 24.3 Å². The number of hydrogen-bond donors (Lipinski definition) is 1. The molecule has 1 amide bonds. The van der Waals surface area contributed by atoms with Crippen LogP contribution < -0.4 is 62.2 Å². The molecule has 6 heteroatoms. The van der Waals surface area contributed by atoms with Crippen molar-refractivity contribution in [3.8, 4) is 0 Å². The first kappa shape index (κ1) is 20.8. The Morgan fingerprint density at radius 2 is 1.36 bits per heavy atom. The van der Waals surface area contributed by atoms with Gasteiger partial charge in [-0.3, -0.25) is 0 Å². The summed E-state index contributed by atoms with van der Waals surface area (Å²) < 4.78 is 4.57. The van der Waals surface area contributed by atoms with Gasteiger partial charge < -0.3 is 20.4 Å². The first-order chi connectivity index (χ1) is 10.1. The molecule has 0 aliphatic heterocycles. The monoisotopic (exact) mass is 325 g/mol. The van der Waals surface area contributed by atoms with Crippen molar-refractivity contribution >= 4 is 12.1 Å². The Morgan fingerprint density at radius 3 is 1.77 bits per heavy atom. The molecule has 22 heavy (non-hydrogen) atoms. The van der Waals surface area contributed by atoms with Crippen molar-refractivity contribution in [3.05, 3.63) is 71.8 Å². The summed E-state index contributed by atoms with van der Waals surface area (Å²) in [6.07, 6.45) is -0.741. The van der Waals surface area contributed by atoms with Gasteiger partial charge >= 0.3 is 57.5 Å². The number of benzene rings is 2. The fraction of sp³-hybridized carbons (Fsp3) is 0.125. The van der Waals surface area contributed by atoms with E-state index in [2.05, 4.69) is 4.74 Å². The minimum absolute atomic E-state index is 0. The van der Waals surface area contributed by atoms with Crippen LogP contribution >= 0.6 is 0 Å². The fourth-order valence-corrected chi connectivity index (χ4v) is 1.49. The third-order valence-corrected chi connectivity index (χ3v) is 2.42. The number of carboxylic acid groups (broad SMARTS) is 1. The van der Waals surface area contributed by atoms with Crippen LogP contribution in [0.2, 0.25) is 0 Å². The number of carbonyl (C=O) groups is 2. The SMILES string of the molecule is NC(=O)OCc1ccccc1.O=C([O-])Cc1ccccc1.[K+]. The number of carboxylic acids is 1. The van der Waals surface area contributed by atoms with Crippen LogP contribution in [0.4, 0.5) is 4.79 Å². The molecule has 0 saturated carbocycles. The summed E-state index contributed by atoms with van der Waals surface area (Å²) >= 11 is 0. The van der Waals surface area contributed by atoms with E-state index in [1.165, 1.54) is 0 Å². The first-order valence-corrected chi connectivity index (χ1v) is 6.28. The number of nitrogens with two attached hydrogens (primary N) is 1. The summed E-state index contributed by atoms with van der Waals surface area (Å²) in [4.78, 5) is 20.2. The molecule has 0 unspecified atom stereocenters. The summed E-state index contributed by atoms with van der Waals surface area (Å²) in [5.74, 6) is -1.04. The fourth-order valence-electron chi connectivity index (χ4n) is 1.49. The summed E-state index contributed by atoms with van der Waals surface area (Å²) in [6.45, 7) is 0.246. The standard InChI is InChI=1S/C8H9NO2.C8H8O2.K/c9-8(10)11-6-7-4-2-1-3-5-7;9-8(10)6-7-4-2-1-3-5-7;/h1-5H,6H2,(H2,9,10);1-5H,6H2,(H,9,10);/q;;+1/p-1. The average molecular weight is 325 g/mol. The normalized spacial score (nSPS) is 8.73. The molecule has 0 saturated heterocycles. The van der Waals surface area contributed by atoms with Gasteiger partial charge in [0.05, 0.1) is 0 Å². The molecule has 0 aromatic heterocycles. The smallest absolute Gasteiger partial charge is 0.550 e. The minimum atomic E-state index is -1.04. The Morgan fingerprint density at radius 1 is 0.909 bits per heavy atom. The van der Waals surface area contributed by atoms with E-state index in [0.717, 1.165) is 11.1 Å². The van der Waals surface area contributed by atoms with Gasteiger partial charge in [-0.2, -0.15) is 0 Å². The van der Waals surface area contributed by atoms with Crippen LogP contribution in [0.25, 0.3) is 0 Å². The Bertz CT molecular complexity index is 561. The van der Waals surface area contributed by atoms with Crippen molar-refractivity contribution in [2.75, 3.05) is 0 Å². The zero-order valence-corrected chi connectivity index (χ0v) is 15.5. The largest absolute Gasteiger partial charge is 1.00 e. The molecule has 0 heterocycles. The van der Waals surface area contributed by atoms with Crippen LogP contribution in [0.5, 0.6) is 0 Å². The number of primary amides is 1. The van der Waals surface area contributed by atoms with Gasteiger partial charge in [0.1, 0.15) is 6.61 Å². The van der Waals surface area contributed by atoms with Crippen LogP contribution in [0.15, 0.2) is 60.7 Å². The Hall–Kier alpha value is -1.18. The molecule has 0 radical (unpaired) electrons. The third-order valence-electron chi connectivity index (χ3n) is 2.42. The average Bonchev–Trinajstić information content (AvgIpc) is 2.47. The van der Waals surface area contributed by atoms with Crippen LogP contribution in [0.1, 0.15) is 11.1 Å². The maximum atomic E-state index is 10.2. The van der Waals surface area contributed by atoms with Crippen molar-refractivity contribution < 1.29 is 70.8 Å². The van der Waals surface area contributed by atoms with E-state index < -0.39 is 12.1 Å². The van der Waals surface area contributed by atoms with Gasteiger partial charge in [-0.1, -0.05) is 60.7 Å². The van der Waals surface area contributed by atoms with E-state index >= 15 is 0 Å². The molecule has 0 aliphatic rings. The van der Waals surface area contributed by atoms with Crippen molar-refractivity contribution in [2.24, 2.45) is 5.73 Å². The summed E-state index contributed by atoms with van der Waals surface area (Å²) in [5.41, 5.74) is 6.50. The molecule has 0 bridgehead atoms. The van der Waals surface area contributed by atoms with E-state index in [1.807, 2.05) is 36.4 Å². The van der Waals surface area contributed by atoms with Gasteiger partial charge in [0.2, 0.25) is 0 Å². The van der Waals surface area contributed by atoms with E-state index in [-0.39, 0.29) is 64.4 Å². The zero-order chi connectivity index (χ0) is 15.5. The van der Waals surface area contributed by atoms with Crippen LogP contribution in [-0.4, -0.2) is 12.1 Å². The molecular weight excluding hydrogens is 309 g/mol. The van der Waals surface area contributed by atoms with Crippen molar-refractivity contribution in [3.63, 3.8) is 0 Å². The molecular formula is C16H16KNO4. The number of ether oxygens (including phenoxy) is 1. The number of amides is 1. The third kappa shape index (κ3) is 10.5. The van der Waals surface area contributed by atoms with Gasteiger partial charge in [0, 0.05) is 12.4 Å². The Balaban J connectivity index is 0.000000385. The molecule has 2 N–H and O–H groups in total. The Kier molecular flexibility index (Phi) is 11.7. The molecule has 0 spiro atoms. The summed E-state index contributed by atoms with van der Waals surface area (Å²) in [6, 6.07) is 18.3.